The summed E-state index contributed by atoms with van der Waals surface area (Å²) in [6.07, 6.45) is 0. The van der Waals surface area contributed by atoms with Crippen LogP contribution in [-0.2, 0) is 13.1 Å². The number of nitro groups is 1. The summed E-state index contributed by atoms with van der Waals surface area (Å²) in [4.78, 5) is 10.2. The van der Waals surface area contributed by atoms with Crippen molar-refractivity contribution in [2.45, 2.75) is 13.1 Å². The minimum absolute atomic E-state index is 0.139. The Labute approximate surface area is 103 Å². The summed E-state index contributed by atoms with van der Waals surface area (Å²) in [7, 11) is 0. The highest BCUT2D eigenvalue weighted by Gasteiger charge is 2.04. The van der Waals surface area contributed by atoms with E-state index in [9.17, 15) is 10.1 Å². The first-order chi connectivity index (χ1) is 8.25. The molecule has 1 aromatic heterocycles. The van der Waals surface area contributed by atoms with Crippen LogP contribution in [0, 0.1) is 10.1 Å². The fourth-order valence-corrected chi connectivity index (χ4v) is 2.19. The van der Waals surface area contributed by atoms with E-state index in [1.54, 1.807) is 23.5 Å². The lowest BCUT2D eigenvalue weighted by molar-refractivity contribution is -0.384. The van der Waals surface area contributed by atoms with Gasteiger partial charge in [-0.1, -0.05) is 12.1 Å². The van der Waals surface area contributed by atoms with Gasteiger partial charge in [0.05, 0.1) is 4.92 Å². The Balaban J connectivity index is 1.90. The van der Waals surface area contributed by atoms with Crippen molar-refractivity contribution >= 4 is 17.0 Å². The summed E-state index contributed by atoms with van der Waals surface area (Å²) in [5.74, 6) is 0. The molecule has 0 fully saturated rings. The van der Waals surface area contributed by atoms with E-state index >= 15 is 0 Å². The van der Waals surface area contributed by atoms with Gasteiger partial charge in [0, 0.05) is 25.2 Å². The van der Waals surface area contributed by atoms with E-state index in [0.717, 1.165) is 12.1 Å². The standard InChI is InChI=1S/C12H12N2O2S/c15-14(16)12-3-1-2-10(6-12)7-13-8-11-4-5-17-9-11/h1-6,9,13H,7-8H2. The van der Waals surface area contributed by atoms with Gasteiger partial charge in [0.2, 0.25) is 0 Å². The van der Waals surface area contributed by atoms with Gasteiger partial charge >= 0.3 is 0 Å². The van der Waals surface area contributed by atoms with Crippen LogP contribution >= 0.6 is 11.3 Å². The quantitative estimate of drug-likeness (QED) is 0.653. The molecule has 2 aromatic rings. The second-order valence-corrected chi connectivity index (χ2v) is 4.44. The Morgan fingerprint density at radius 2 is 2.06 bits per heavy atom. The van der Waals surface area contributed by atoms with Crippen LogP contribution in [0.25, 0.3) is 0 Å². The molecule has 0 spiro atoms. The molecule has 0 saturated heterocycles. The molecule has 0 radical (unpaired) electrons. The van der Waals surface area contributed by atoms with Crippen LogP contribution in [0.4, 0.5) is 5.69 Å². The topological polar surface area (TPSA) is 55.2 Å². The molecule has 88 valence electrons. The van der Waals surface area contributed by atoms with Gasteiger partial charge in [0.1, 0.15) is 0 Å². The average Bonchev–Trinajstić information content (AvgIpc) is 2.82. The number of rotatable bonds is 5. The van der Waals surface area contributed by atoms with E-state index in [1.165, 1.54) is 11.6 Å². The highest BCUT2D eigenvalue weighted by Crippen LogP contribution is 2.13. The molecular weight excluding hydrogens is 236 g/mol. The molecule has 0 aliphatic heterocycles. The van der Waals surface area contributed by atoms with Crippen molar-refractivity contribution in [3.05, 3.63) is 62.3 Å². The molecule has 0 amide bonds. The maximum atomic E-state index is 10.6. The average molecular weight is 248 g/mol. The third-order valence-corrected chi connectivity index (χ3v) is 3.09. The molecule has 0 unspecified atom stereocenters. The molecule has 17 heavy (non-hydrogen) atoms. The van der Waals surface area contributed by atoms with Gasteiger partial charge in [0.25, 0.3) is 5.69 Å². The fourth-order valence-electron chi connectivity index (χ4n) is 1.52. The number of nitrogens with zero attached hydrogens (tertiary/aromatic N) is 1. The van der Waals surface area contributed by atoms with E-state index in [1.807, 2.05) is 11.4 Å². The van der Waals surface area contributed by atoms with E-state index < -0.39 is 0 Å². The Kier molecular flexibility index (Phi) is 3.85. The number of hydrogen-bond donors (Lipinski definition) is 1. The van der Waals surface area contributed by atoms with Crippen molar-refractivity contribution < 1.29 is 4.92 Å². The highest BCUT2D eigenvalue weighted by atomic mass is 32.1. The Morgan fingerprint density at radius 3 is 2.76 bits per heavy atom. The SMILES string of the molecule is O=[N+]([O-])c1cccc(CNCc2ccsc2)c1. The molecule has 0 aliphatic carbocycles. The lowest BCUT2D eigenvalue weighted by Crippen LogP contribution is -2.12. The van der Waals surface area contributed by atoms with Crippen molar-refractivity contribution in [2.75, 3.05) is 0 Å². The molecule has 0 saturated carbocycles. The fraction of sp³-hybridized carbons (Fsp3) is 0.167. The maximum absolute atomic E-state index is 10.6. The molecule has 4 nitrogen and oxygen atoms in total. The monoisotopic (exact) mass is 248 g/mol. The third kappa shape index (κ3) is 3.37. The molecule has 2 rings (SSSR count). The number of nitro benzene ring substituents is 1. The summed E-state index contributed by atoms with van der Waals surface area (Å²) >= 11 is 1.66. The van der Waals surface area contributed by atoms with Crippen LogP contribution in [0.2, 0.25) is 0 Å². The second kappa shape index (κ2) is 5.56. The van der Waals surface area contributed by atoms with Gasteiger partial charge in [-0.2, -0.15) is 11.3 Å². The molecule has 1 heterocycles. The van der Waals surface area contributed by atoms with Gasteiger partial charge in [-0.05, 0) is 28.0 Å². The van der Waals surface area contributed by atoms with Crippen LogP contribution in [0.3, 0.4) is 0 Å². The zero-order valence-corrected chi connectivity index (χ0v) is 9.94. The second-order valence-electron chi connectivity index (χ2n) is 3.66. The molecule has 5 heteroatoms. The first-order valence-corrected chi connectivity index (χ1v) is 6.15. The maximum Gasteiger partial charge on any atom is 0.269 e. The Morgan fingerprint density at radius 1 is 1.24 bits per heavy atom. The van der Waals surface area contributed by atoms with Gasteiger partial charge in [0.15, 0.2) is 0 Å². The molecule has 0 bridgehead atoms. The van der Waals surface area contributed by atoms with Crippen LogP contribution in [0.15, 0.2) is 41.1 Å². The molecular formula is C12H12N2O2S. The predicted molar refractivity (Wildman–Crippen MR) is 68.0 cm³/mol. The molecule has 0 atom stereocenters. The van der Waals surface area contributed by atoms with E-state index in [-0.39, 0.29) is 10.6 Å². The van der Waals surface area contributed by atoms with Gasteiger partial charge in [-0.25, -0.2) is 0 Å². The largest absolute Gasteiger partial charge is 0.309 e. The summed E-state index contributed by atoms with van der Waals surface area (Å²) < 4.78 is 0. The van der Waals surface area contributed by atoms with Crippen LogP contribution < -0.4 is 5.32 Å². The van der Waals surface area contributed by atoms with Gasteiger partial charge in [-0.3, -0.25) is 10.1 Å². The van der Waals surface area contributed by atoms with E-state index in [2.05, 4.69) is 16.8 Å². The van der Waals surface area contributed by atoms with E-state index in [4.69, 9.17) is 0 Å². The highest BCUT2D eigenvalue weighted by molar-refractivity contribution is 7.07. The minimum atomic E-state index is -0.373. The molecule has 1 N–H and O–H groups in total. The summed E-state index contributed by atoms with van der Waals surface area (Å²) in [5, 5.41) is 18.0. The van der Waals surface area contributed by atoms with Crippen molar-refractivity contribution in [3.63, 3.8) is 0 Å². The Hall–Kier alpha value is -1.72. The Bertz CT molecular complexity index is 497. The smallest absolute Gasteiger partial charge is 0.269 e. The van der Waals surface area contributed by atoms with Crippen molar-refractivity contribution in [1.82, 2.24) is 5.32 Å². The molecule has 0 aliphatic rings. The van der Waals surface area contributed by atoms with Crippen LogP contribution in [0.1, 0.15) is 11.1 Å². The van der Waals surface area contributed by atoms with Crippen LogP contribution in [0.5, 0.6) is 0 Å². The number of nitrogens with one attached hydrogen (secondary N) is 1. The van der Waals surface area contributed by atoms with Gasteiger partial charge < -0.3 is 5.32 Å². The molecule has 1 aromatic carbocycles. The first kappa shape index (κ1) is 11.8. The third-order valence-electron chi connectivity index (χ3n) is 2.36. The summed E-state index contributed by atoms with van der Waals surface area (Å²) in [5.41, 5.74) is 2.30. The van der Waals surface area contributed by atoms with Crippen LogP contribution in [-0.4, -0.2) is 4.92 Å². The predicted octanol–water partition coefficient (Wildman–Crippen LogP) is 2.95. The van der Waals surface area contributed by atoms with Crippen molar-refractivity contribution in [2.24, 2.45) is 0 Å². The minimum Gasteiger partial charge on any atom is -0.309 e. The first-order valence-electron chi connectivity index (χ1n) is 5.21. The number of non-ortho nitro benzene ring substituents is 1. The lowest BCUT2D eigenvalue weighted by atomic mass is 10.2. The number of benzene rings is 1. The summed E-state index contributed by atoms with van der Waals surface area (Å²) in [6.45, 7) is 1.42. The zero-order chi connectivity index (χ0) is 12.1. The lowest BCUT2D eigenvalue weighted by Gasteiger charge is -2.03. The number of hydrogen-bond acceptors (Lipinski definition) is 4. The van der Waals surface area contributed by atoms with E-state index in [0.29, 0.717) is 6.54 Å². The normalized spacial score (nSPS) is 10.4. The van der Waals surface area contributed by atoms with Crippen molar-refractivity contribution in [3.8, 4) is 0 Å². The summed E-state index contributed by atoms with van der Waals surface area (Å²) in [6, 6.07) is 8.75. The van der Waals surface area contributed by atoms with Crippen molar-refractivity contribution in [1.29, 1.82) is 0 Å². The van der Waals surface area contributed by atoms with Gasteiger partial charge in [-0.15, -0.1) is 0 Å². The number of thiophene rings is 1. The zero-order valence-electron chi connectivity index (χ0n) is 9.13.